The van der Waals surface area contributed by atoms with E-state index in [9.17, 15) is 14.2 Å². The van der Waals surface area contributed by atoms with Crippen LogP contribution in [-0.2, 0) is 37.8 Å². The number of cyclic esters (lactones) is 1. The molecule has 1 fully saturated rings. The van der Waals surface area contributed by atoms with Crippen LogP contribution in [0.1, 0.15) is 61.3 Å². The number of halogens is 1. The molecule has 0 amide bonds. The average molecular weight is 534 g/mol. The molecule has 0 spiro atoms. The van der Waals surface area contributed by atoms with Crippen LogP contribution in [0.5, 0.6) is 0 Å². The van der Waals surface area contributed by atoms with Crippen molar-refractivity contribution in [3.63, 3.8) is 0 Å². The zero-order chi connectivity index (χ0) is 27.6. The van der Waals surface area contributed by atoms with Gasteiger partial charge in [-0.05, 0) is 48.2 Å². The molecular weight excluding hydrogens is 492 g/mol. The van der Waals surface area contributed by atoms with Gasteiger partial charge in [-0.25, -0.2) is 9.18 Å². The first-order valence-electron chi connectivity index (χ1n) is 12.1. The topological polar surface area (TPSA) is 101 Å². The average Bonchev–Trinajstić information content (AvgIpc) is 2.78. The van der Waals surface area contributed by atoms with Gasteiger partial charge in [-0.15, -0.1) is 0 Å². The maximum atomic E-state index is 15.1. The lowest BCUT2D eigenvalue weighted by Crippen LogP contribution is -2.58. The molecule has 0 aliphatic carbocycles. The number of hydrogen-bond donors (Lipinski definition) is 0. The van der Waals surface area contributed by atoms with Gasteiger partial charge in [0.1, 0.15) is 11.4 Å². The maximum Gasteiger partial charge on any atom is 0.340 e. The van der Waals surface area contributed by atoms with Crippen LogP contribution in [0.25, 0.3) is 0 Å². The summed E-state index contributed by atoms with van der Waals surface area (Å²) < 4.78 is 57.2. The second kappa shape index (κ2) is 11.5. The fraction of sp³-hybridized carbons (Fsp3) is 0.840. The highest BCUT2D eigenvalue weighted by atomic mass is 31.1. The highest BCUT2D eigenvalue weighted by Crippen LogP contribution is 2.42. The van der Waals surface area contributed by atoms with Crippen LogP contribution in [0.15, 0.2) is 11.3 Å². The van der Waals surface area contributed by atoms with Crippen molar-refractivity contribution in [3.8, 4) is 0 Å². The Morgan fingerprint density at radius 2 is 1.92 bits per heavy atom. The minimum atomic E-state index is -2.22. The van der Waals surface area contributed by atoms with Crippen LogP contribution in [0.3, 0.4) is 0 Å². The van der Waals surface area contributed by atoms with E-state index >= 15 is 4.39 Å². The summed E-state index contributed by atoms with van der Waals surface area (Å²) in [6, 6.07) is -0.107. The summed E-state index contributed by atoms with van der Waals surface area (Å²) >= 11 is 0. The fourth-order valence-corrected chi connectivity index (χ4v) is 5.83. The predicted octanol–water partition coefficient (Wildman–Crippen LogP) is 4.04. The first-order chi connectivity index (χ1) is 16.5. The van der Waals surface area contributed by atoms with Crippen LogP contribution in [0, 0.1) is 5.92 Å². The molecule has 0 radical (unpaired) electrons. The summed E-state index contributed by atoms with van der Waals surface area (Å²) in [6.45, 7) is 11.3. The van der Waals surface area contributed by atoms with Gasteiger partial charge in [-0.2, -0.15) is 0 Å². The Kier molecular flexibility index (Phi) is 9.85. The van der Waals surface area contributed by atoms with E-state index in [1.807, 2.05) is 25.9 Å². The Balaban J connectivity index is 2.59. The Morgan fingerprint density at radius 1 is 1.31 bits per heavy atom. The second-order valence-electron chi connectivity index (χ2n) is 11.0. The Bertz CT molecular complexity index is 863. The van der Waals surface area contributed by atoms with Gasteiger partial charge < -0.3 is 28.6 Å². The Labute approximate surface area is 215 Å². The van der Waals surface area contributed by atoms with Gasteiger partial charge in [0.25, 0.3) is 0 Å². The molecule has 1 saturated heterocycles. The summed E-state index contributed by atoms with van der Waals surface area (Å²) in [5, 5.41) is 0. The quantitative estimate of drug-likeness (QED) is 0.221. The summed E-state index contributed by atoms with van der Waals surface area (Å²) in [4.78, 5) is 26.1. The molecule has 9 nitrogen and oxygen atoms in total. The molecular formula is C25H41FNO8P. The van der Waals surface area contributed by atoms with Crippen LogP contribution >= 0.6 is 8.46 Å². The molecule has 2 aliphatic heterocycles. The number of ether oxygens (including phenoxy) is 5. The normalized spacial score (nSPS) is 31.7. The SMILES string of the molecule is CO[C@](C)(CC(C)(F)C=O)[C@H](O[C@@H]1OC(C)CC(N(C)C)C1P=O)[C@@H](C)C1=C(C)C(=O)OC(C)(C)O1. The lowest BCUT2D eigenvalue weighted by Gasteiger charge is -2.47. The molecule has 0 saturated carbocycles. The van der Waals surface area contributed by atoms with Gasteiger partial charge in [0.15, 0.2) is 26.7 Å². The third-order valence-corrected chi connectivity index (χ3v) is 7.76. The van der Waals surface area contributed by atoms with Gasteiger partial charge in [0.05, 0.1) is 23.4 Å². The van der Waals surface area contributed by atoms with Gasteiger partial charge >= 0.3 is 5.97 Å². The van der Waals surface area contributed by atoms with E-state index in [4.69, 9.17) is 23.7 Å². The van der Waals surface area contributed by atoms with Gasteiger partial charge in [0, 0.05) is 39.3 Å². The zero-order valence-electron chi connectivity index (χ0n) is 23.0. The van der Waals surface area contributed by atoms with E-state index in [1.54, 1.807) is 34.6 Å². The molecule has 2 rings (SSSR count). The van der Waals surface area contributed by atoms with Crippen LogP contribution in [0.4, 0.5) is 4.39 Å². The highest BCUT2D eigenvalue weighted by Gasteiger charge is 2.51. The molecule has 0 aromatic carbocycles. The smallest absolute Gasteiger partial charge is 0.340 e. The summed E-state index contributed by atoms with van der Waals surface area (Å²) in [6.07, 6.45) is -1.56. The first-order valence-corrected chi connectivity index (χ1v) is 13.0. The molecule has 36 heavy (non-hydrogen) atoms. The molecule has 0 bridgehead atoms. The van der Waals surface area contributed by atoms with E-state index in [2.05, 4.69) is 0 Å². The van der Waals surface area contributed by atoms with Crippen LogP contribution in [-0.4, -0.2) is 85.6 Å². The second-order valence-corrected chi connectivity index (χ2v) is 11.8. The lowest BCUT2D eigenvalue weighted by atomic mass is 9.80. The van der Waals surface area contributed by atoms with E-state index in [0.29, 0.717) is 12.2 Å². The monoisotopic (exact) mass is 533 g/mol. The number of methoxy groups -OCH3 is 1. The van der Waals surface area contributed by atoms with E-state index < -0.39 is 47.0 Å². The Morgan fingerprint density at radius 3 is 2.42 bits per heavy atom. The third-order valence-electron chi connectivity index (χ3n) is 6.93. The van der Waals surface area contributed by atoms with Gasteiger partial charge in [-0.3, -0.25) is 9.36 Å². The number of rotatable bonds is 11. The molecule has 2 heterocycles. The summed E-state index contributed by atoms with van der Waals surface area (Å²) in [5.74, 6) is -2.12. The molecule has 0 aromatic heterocycles. The van der Waals surface area contributed by atoms with Crippen molar-refractivity contribution in [2.75, 3.05) is 21.2 Å². The Hall–Kier alpha value is -1.45. The van der Waals surface area contributed by atoms with Crippen molar-refractivity contribution < 1.29 is 42.2 Å². The molecule has 0 aromatic rings. The number of nitrogens with zero attached hydrogens (tertiary/aromatic N) is 1. The molecule has 206 valence electrons. The van der Waals surface area contributed by atoms with Crippen molar-refractivity contribution in [1.82, 2.24) is 4.90 Å². The number of carbonyl (C=O) groups is 2. The van der Waals surface area contributed by atoms with Crippen molar-refractivity contribution in [3.05, 3.63) is 11.3 Å². The van der Waals surface area contributed by atoms with Gasteiger partial charge in [-0.1, -0.05) is 6.92 Å². The maximum absolute atomic E-state index is 15.1. The molecule has 0 N–H and O–H groups in total. The number of carbonyl (C=O) groups excluding carboxylic acids is 2. The summed E-state index contributed by atoms with van der Waals surface area (Å²) in [5.41, 5.74) is -3.88. The highest BCUT2D eigenvalue weighted by molar-refractivity contribution is 7.24. The molecule has 4 unspecified atom stereocenters. The predicted molar refractivity (Wildman–Crippen MR) is 131 cm³/mol. The van der Waals surface area contributed by atoms with Crippen molar-refractivity contribution in [2.45, 2.75) is 109 Å². The molecule has 2 aliphatic rings. The van der Waals surface area contributed by atoms with Crippen LogP contribution in [0.2, 0.25) is 0 Å². The molecule has 8 atom stereocenters. The minimum Gasteiger partial charge on any atom is -0.456 e. The van der Waals surface area contributed by atoms with Crippen molar-refractivity contribution in [2.24, 2.45) is 5.92 Å². The van der Waals surface area contributed by atoms with E-state index in [-0.39, 0.29) is 38.9 Å². The van der Waals surface area contributed by atoms with Crippen molar-refractivity contribution in [1.29, 1.82) is 0 Å². The molecule has 11 heteroatoms. The number of aldehydes is 1. The number of esters is 1. The van der Waals surface area contributed by atoms with E-state index in [1.165, 1.54) is 14.0 Å². The van der Waals surface area contributed by atoms with Gasteiger partial charge in [0.2, 0.25) is 5.79 Å². The zero-order valence-corrected chi connectivity index (χ0v) is 23.9. The third kappa shape index (κ3) is 6.90. The minimum absolute atomic E-state index is 0.107. The fourth-order valence-electron chi connectivity index (χ4n) is 5.06. The van der Waals surface area contributed by atoms with E-state index in [0.717, 1.165) is 0 Å². The largest absolute Gasteiger partial charge is 0.456 e. The lowest BCUT2D eigenvalue weighted by molar-refractivity contribution is -0.267. The summed E-state index contributed by atoms with van der Waals surface area (Å²) in [7, 11) is 5.03. The van der Waals surface area contributed by atoms with Crippen LogP contribution < -0.4 is 0 Å². The first kappa shape index (κ1) is 30.8. The number of hydrogen-bond acceptors (Lipinski definition) is 9. The number of alkyl halides is 1. The van der Waals surface area contributed by atoms with Crippen molar-refractivity contribution >= 4 is 20.7 Å². The standard InChI is InChI=1S/C25H41FNO8P/c1-14-11-17(27(8)9)19(36-30)22(32-14)33-20(25(7,31-10)12-24(6,26)13-28)15(2)18-16(3)21(29)35-23(4,5)34-18/h13-15,17,19-20,22H,11-12H2,1-10H3/t14?,15-,17?,19?,20+,22-,24?,25+/m0/s1.